The minimum Gasteiger partial charge on any atom is -0.350 e. The molecular weight excluding hydrogens is 648 g/mol. The molecule has 4 fully saturated rings. The molecule has 14 heteroatoms. The van der Waals surface area contributed by atoms with Gasteiger partial charge in [-0.25, -0.2) is 13.2 Å². The molecule has 0 aromatic heterocycles. The fraction of sp³-hybridized carbons (Fsp3) is 0.857. The van der Waals surface area contributed by atoms with Crippen molar-refractivity contribution < 1.29 is 32.4 Å². The quantitative estimate of drug-likeness (QED) is 0.201. The average molecular weight is 709 g/mol. The van der Waals surface area contributed by atoms with Crippen molar-refractivity contribution >= 4 is 39.6 Å². The number of ketones is 1. The van der Waals surface area contributed by atoms with Crippen molar-refractivity contribution in [1.82, 2.24) is 30.5 Å². The Balaban J connectivity index is 1.56. The third-order valence-electron chi connectivity index (χ3n) is 11.4. The van der Waals surface area contributed by atoms with Gasteiger partial charge in [-0.15, -0.1) is 0 Å². The van der Waals surface area contributed by atoms with Crippen LogP contribution in [0.4, 0.5) is 4.79 Å². The zero-order valence-corrected chi connectivity index (χ0v) is 31.4. The van der Waals surface area contributed by atoms with E-state index in [4.69, 9.17) is 0 Å². The summed E-state index contributed by atoms with van der Waals surface area (Å²) in [6, 6.07) is -3.76. The molecule has 2 aliphatic carbocycles. The second-order valence-corrected chi connectivity index (χ2v) is 18.3. The van der Waals surface area contributed by atoms with E-state index in [1.54, 1.807) is 11.8 Å². The molecule has 2 saturated carbocycles. The van der Waals surface area contributed by atoms with E-state index in [0.29, 0.717) is 38.9 Å². The number of nitrogens with zero attached hydrogens (tertiary/aromatic N) is 2. The van der Waals surface area contributed by atoms with Crippen molar-refractivity contribution in [2.75, 3.05) is 31.9 Å². The highest BCUT2D eigenvalue weighted by Gasteiger charge is 2.69. The van der Waals surface area contributed by atoms with Gasteiger partial charge in [-0.2, -0.15) is 4.31 Å². The van der Waals surface area contributed by atoms with E-state index >= 15 is 0 Å². The zero-order chi connectivity index (χ0) is 36.3. The van der Waals surface area contributed by atoms with Gasteiger partial charge in [-0.1, -0.05) is 73.6 Å². The summed E-state index contributed by atoms with van der Waals surface area (Å²) in [4.78, 5) is 69.5. The van der Waals surface area contributed by atoms with E-state index in [1.165, 1.54) is 4.31 Å². The molecule has 0 aromatic carbocycles. The lowest BCUT2D eigenvalue weighted by Crippen LogP contribution is -2.61. The molecule has 0 aromatic rings. The summed E-state index contributed by atoms with van der Waals surface area (Å²) in [5.74, 6) is -2.25. The van der Waals surface area contributed by atoms with E-state index in [1.807, 2.05) is 27.7 Å². The van der Waals surface area contributed by atoms with Crippen LogP contribution in [0, 0.1) is 28.6 Å². The molecule has 4 N–H and O–H groups in total. The summed E-state index contributed by atoms with van der Waals surface area (Å²) < 4.78 is 26.6. The Kier molecular flexibility index (Phi) is 12.5. The van der Waals surface area contributed by atoms with Crippen LogP contribution in [0.2, 0.25) is 0 Å². The van der Waals surface area contributed by atoms with Crippen LogP contribution in [-0.2, 0) is 29.2 Å². The molecule has 2 saturated heterocycles. The first kappa shape index (κ1) is 39.1. The first-order valence-electron chi connectivity index (χ1n) is 18.4. The summed E-state index contributed by atoms with van der Waals surface area (Å²) >= 11 is 0. The van der Waals surface area contributed by atoms with Gasteiger partial charge in [-0.3, -0.25) is 19.2 Å². The maximum absolute atomic E-state index is 14.6. The van der Waals surface area contributed by atoms with Gasteiger partial charge in [0.05, 0.1) is 11.8 Å². The smallest absolute Gasteiger partial charge is 0.315 e. The molecule has 2 unspecified atom stereocenters. The second kappa shape index (κ2) is 15.7. The van der Waals surface area contributed by atoms with Crippen LogP contribution in [0.3, 0.4) is 0 Å². The Labute approximate surface area is 292 Å². The topological polar surface area (TPSA) is 174 Å². The van der Waals surface area contributed by atoms with Crippen LogP contribution in [0.15, 0.2) is 0 Å². The van der Waals surface area contributed by atoms with Crippen LogP contribution >= 0.6 is 0 Å². The minimum absolute atomic E-state index is 0.0916. The van der Waals surface area contributed by atoms with E-state index in [9.17, 15) is 32.4 Å². The highest BCUT2D eigenvalue weighted by atomic mass is 32.2. The molecule has 4 aliphatic rings. The number of rotatable bonds is 14. The number of fused-ring (bicyclic) bond motifs is 1. The number of hydrogen-bond donors (Lipinski definition) is 4. The van der Waals surface area contributed by atoms with Gasteiger partial charge in [0.1, 0.15) is 12.1 Å². The lowest BCUT2D eigenvalue weighted by Gasteiger charge is -2.38. The van der Waals surface area contributed by atoms with Crippen LogP contribution < -0.4 is 21.3 Å². The minimum atomic E-state index is -3.38. The van der Waals surface area contributed by atoms with Crippen LogP contribution in [0.25, 0.3) is 0 Å². The van der Waals surface area contributed by atoms with Crippen molar-refractivity contribution in [2.24, 2.45) is 28.6 Å². The van der Waals surface area contributed by atoms with Crippen molar-refractivity contribution in [3.63, 3.8) is 0 Å². The Bertz CT molecular complexity index is 1360. The van der Waals surface area contributed by atoms with E-state index < -0.39 is 63.2 Å². The Morgan fingerprint density at radius 2 is 1.61 bits per heavy atom. The van der Waals surface area contributed by atoms with Crippen molar-refractivity contribution in [1.29, 1.82) is 0 Å². The SMILES string of the molecule is CCCCC(NC(=O)[C@@H]1C2[C@H](CN1C(=O)[C@@H](NC(=O)N[C@H](CN1CCCS1(=O)=O)C(C)(C)C)C1CCCCC1)C2(C)C)C(=O)C(=O)NCC. The van der Waals surface area contributed by atoms with Crippen LogP contribution in [-0.4, -0.2) is 103 Å². The van der Waals surface area contributed by atoms with Crippen LogP contribution in [0.5, 0.6) is 0 Å². The van der Waals surface area contributed by atoms with Gasteiger partial charge in [-0.05, 0) is 61.2 Å². The van der Waals surface area contributed by atoms with Crippen molar-refractivity contribution in [2.45, 2.75) is 130 Å². The molecule has 6 atom stereocenters. The molecule has 2 heterocycles. The van der Waals surface area contributed by atoms with Gasteiger partial charge in [0.25, 0.3) is 5.91 Å². The fourth-order valence-electron chi connectivity index (χ4n) is 8.16. The highest BCUT2D eigenvalue weighted by Crippen LogP contribution is 2.65. The third kappa shape index (κ3) is 8.95. The molecule has 0 bridgehead atoms. The molecule has 5 amide bonds. The number of carbonyl (C=O) groups excluding carboxylic acids is 5. The molecule has 0 spiro atoms. The largest absolute Gasteiger partial charge is 0.350 e. The molecule has 278 valence electrons. The molecule has 13 nitrogen and oxygen atoms in total. The fourth-order valence-corrected chi connectivity index (χ4v) is 9.69. The maximum Gasteiger partial charge on any atom is 0.315 e. The number of urea groups is 1. The number of piperidine rings is 1. The summed E-state index contributed by atoms with van der Waals surface area (Å²) in [5, 5.41) is 11.4. The lowest BCUT2D eigenvalue weighted by molar-refractivity contribution is -0.144. The number of likely N-dealkylation sites (tertiary alicyclic amines) is 1. The van der Waals surface area contributed by atoms with Gasteiger partial charge in [0.15, 0.2) is 0 Å². The normalized spacial score (nSPS) is 26.6. The first-order chi connectivity index (χ1) is 22.9. The maximum atomic E-state index is 14.6. The number of nitrogens with one attached hydrogen (secondary N) is 4. The van der Waals surface area contributed by atoms with Crippen LogP contribution in [0.1, 0.15) is 106 Å². The van der Waals surface area contributed by atoms with E-state index in [0.717, 1.165) is 38.5 Å². The molecular formula is C35H60N6O7S. The standard InChI is InChI=1S/C35H60N6O7S/c1-8-10-17-24(29(42)31(44)36-9-2)37-30(43)28-26-23(35(26,6)7)20-41(28)32(45)27(22-15-12-11-13-16-22)39-33(46)38-25(34(3,4)5)21-40-18-14-19-49(40,47)48/h22-28H,8-21H2,1-7H3,(H,36,44)(H,37,43)(H2,38,39,46)/t23-,24?,25+,26?,27-,28-/m0/s1. The number of amides is 5. The third-order valence-corrected chi connectivity index (χ3v) is 13.3. The summed E-state index contributed by atoms with van der Waals surface area (Å²) in [7, 11) is -3.38. The summed E-state index contributed by atoms with van der Waals surface area (Å²) in [5.41, 5.74) is -0.646. The lowest BCUT2D eigenvalue weighted by atomic mass is 9.83. The van der Waals surface area contributed by atoms with Gasteiger partial charge >= 0.3 is 6.03 Å². The Morgan fingerprint density at radius 3 is 2.18 bits per heavy atom. The first-order valence-corrected chi connectivity index (χ1v) is 20.0. The van der Waals surface area contributed by atoms with E-state index in [-0.39, 0.29) is 41.4 Å². The number of hydrogen-bond acceptors (Lipinski definition) is 7. The number of Topliss-reactive ketones (excluding diaryl/α,β-unsaturated/α-hetero) is 1. The zero-order valence-electron chi connectivity index (χ0n) is 30.6. The van der Waals surface area contributed by atoms with Crippen molar-refractivity contribution in [3.05, 3.63) is 0 Å². The molecule has 0 radical (unpaired) electrons. The average Bonchev–Trinajstić information content (AvgIpc) is 3.32. The molecule has 4 rings (SSSR count). The Hall–Kier alpha value is -2.74. The molecule has 49 heavy (non-hydrogen) atoms. The number of likely N-dealkylation sites (N-methyl/N-ethyl adjacent to an activating group) is 1. The number of carbonyl (C=O) groups is 5. The van der Waals surface area contributed by atoms with Crippen molar-refractivity contribution in [3.8, 4) is 0 Å². The highest BCUT2D eigenvalue weighted by molar-refractivity contribution is 7.89. The predicted molar refractivity (Wildman–Crippen MR) is 187 cm³/mol. The summed E-state index contributed by atoms with van der Waals surface area (Å²) in [6.45, 7) is 14.9. The number of sulfonamides is 1. The summed E-state index contributed by atoms with van der Waals surface area (Å²) in [6.07, 6.45) is 6.71. The monoisotopic (exact) mass is 708 g/mol. The van der Waals surface area contributed by atoms with E-state index in [2.05, 4.69) is 35.1 Å². The molecule has 2 aliphatic heterocycles. The van der Waals surface area contributed by atoms with Gasteiger partial charge < -0.3 is 26.2 Å². The van der Waals surface area contributed by atoms with Gasteiger partial charge in [0.2, 0.25) is 27.6 Å². The second-order valence-electron chi connectivity index (χ2n) is 16.3. The predicted octanol–water partition coefficient (Wildman–Crippen LogP) is 2.55. The number of unbranched alkanes of at least 4 members (excludes halogenated alkanes) is 1. The van der Waals surface area contributed by atoms with Gasteiger partial charge in [0, 0.05) is 32.2 Å². The Morgan fingerprint density at radius 1 is 0.939 bits per heavy atom.